The summed E-state index contributed by atoms with van der Waals surface area (Å²) in [5.41, 5.74) is 7.77. The molecule has 0 aliphatic rings. The number of nitrogens with one attached hydrogen (secondary N) is 1. The second-order valence-corrected chi connectivity index (χ2v) is 4.57. The topological polar surface area (TPSA) is 38.0 Å². The maximum atomic E-state index is 13.1. The molecule has 17 heavy (non-hydrogen) atoms. The van der Waals surface area contributed by atoms with Crippen LogP contribution >= 0.6 is 15.9 Å². The molecule has 0 saturated carbocycles. The fraction of sp³-hybridized carbons (Fsp3) is 0.0769. The molecule has 2 nitrogen and oxygen atoms in total. The maximum absolute atomic E-state index is 13.1. The third-order valence-electron chi connectivity index (χ3n) is 2.36. The first-order valence-corrected chi connectivity index (χ1v) is 5.98. The Kier molecular flexibility index (Phi) is 3.64. The minimum atomic E-state index is -0.334. The predicted octanol–water partition coefficient (Wildman–Crippen LogP) is 3.78. The van der Waals surface area contributed by atoms with E-state index in [0.29, 0.717) is 17.9 Å². The van der Waals surface area contributed by atoms with E-state index in [4.69, 9.17) is 5.73 Å². The first-order chi connectivity index (χ1) is 8.15. The molecule has 0 fully saturated rings. The van der Waals surface area contributed by atoms with Crippen LogP contribution in [0.25, 0.3) is 0 Å². The van der Waals surface area contributed by atoms with E-state index in [1.165, 1.54) is 12.1 Å². The van der Waals surface area contributed by atoms with Crippen LogP contribution < -0.4 is 11.1 Å². The second kappa shape index (κ2) is 5.19. The van der Waals surface area contributed by atoms with E-state index in [9.17, 15) is 4.39 Å². The number of nitrogen functional groups attached to an aromatic ring is 1. The van der Waals surface area contributed by atoms with Crippen LogP contribution in [0.3, 0.4) is 0 Å². The van der Waals surface area contributed by atoms with Crippen molar-refractivity contribution in [3.63, 3.8) is 0 Å². The minimum Gasteiger partial charge on any atom is -0.399 e. The van der Waals surface area contributed by atoms with E-state index in [-0.39, 0.29) is 5.82 Å². The molecular weight excluding hydrogens is 283 g/mol. The zero-order valence-electron chi connectivity index (χ0n) is 9.08. The van der Waals surface area contributed by atoms with Crippen molar-refractivity contribution < 1.29 is 4.39 Å². The van der Waals surface area contributed by atoms with Gasteiger partial charge in [0.25, 0.3) is 0 Å². The van der Waals surface area contributed by atoms with Gasteiger partial charge in [0, 0.05) is 22.4 Å². The molecule has 0 saturated heterocycles. The van der Waals surface area contributed by atoms with Crippen LogP contribution in [-0.4, -0.2) is 0 Å². The molecule has 0 spiro atoms. The summed E-state index contributed by atoms with van der Waals surface area (Å²) in [5.74, 6) is -0.334. The third kappa shape index (κ3) is 3.20. The van der Waals surface area contributed by atoms with Crippen LogP contribution in [0.4, 0.5) is 15.8 Å². The molecule has 0 heterocycles. The first kappa shape index (κ1) is 11.9. The Bertz CT molecular complexity index is 508. The number of nitrogens with two attached hydrogens (primary N) is 1. The van der Waals surface area contributed by atoms with E-state index in [2.05, 4.69) is 21.2 Å². The van der Waals surface area contributed by atoms with Gasteiger partial charge in [0.1, 0.15) is 5.82 Å². The Labute approximate surface area is 108 Å². The standard InChI is InChI=1S/C13H12BrFN2/c14-13-4-2-1-3-9(13)8-17-12-6-10(15)5-11(16)7-12/h1-7,17H,8,16H2. The van der Waals surface area contributed by atoms with E-state index in [1.807, 2.05) is 24.3 Å². The molecule has 88 valence electrons. The lowest BCUT2D eigenvalue weighted by Gasteiger charge is -2.09. The molecule has 0 unspecified atom stereocenters. The first-order valence-electron chi connectivity index (χ1n) is 5.18. The maximum Gasteiger partial charge on any atom is 0.127 e. The van der Waals surface area contributed by atoms with Gasteiger partial charge >= 0.3 is 0 Å². The van der Waals surface area contributed by atoms with Crippen molar-refractivity contribution >= 4 is 27.3 Å². The highest BCUT2D eigenvalue weighted by Crippen LogP contribution is 2.19. The highest BCUT2D eigenvalue weighted by molar-refractivity contribution is 9.10. The lowest BCUT2D eigenvalue weighted by molar-refractivity contribution is 0.629. The highest BCUT2D eigenvalue weighted by Gasteiger charge is 2.00. The van der Waals surface area contributed by atoms with Gasteiger partial charge in [-0.15, -0.1) is 0 Å². The SMILES string of the molecule is Nc1cc(F)cc(NCc2ccccc2Br)c1. The van der Waals surface area contributed by atoms with Crippen LogP contribution in [0.5, 0.6) is 0 Å². The average Bonchev–Trinajstić information content (AvgIpc) is 2.27. The summed E-state index contributed by atoms with van der Waals surface area (Å²) in [6.07, 6.45) is 0. The lowest BCUT2D eigenvalue weighted by Crippen LogP contribution is -2.01. The summed E-state index contributed by atoms with van der Waals surface area (Å²) in [7, 11) is 0. The molecule has 2 aromatic rings. The van der Waals surface area contributed by atoms with Gasteiger partial charge in [-0.05, 0) is 29.8 Å². The Morgan fingerprint density at radius 3 is 2.65 bits per heavy atom. The quantitative estimate of drug-likeness (QED) is 0.846. The van der Waals surface area contributed by atoms with Crippen molar-refractivity contribution in [3.8, 4) is 0 Å². The van der Waals surface area contributed by atoms with Crippen LogP contribution in [0.15, 0.2) is 46.9 Å². The van der Waals surface area contributed by atoms with Crippen LogP contribution in [0.1, 0.15) is 5.56 Å². The molecule has 0 amide bonds. The number of anilines is 2. The molecule has 0 bridgehead atoms. The molecule has 0 aliphatic heterocycles. The second-order valence-electron chi connectivity index (χ2n) is 3.72. The molecule has 4 heteroatoms. The van der Waals surface area contributed by atoms with Crippen LogP contribution in [0.2, 0.25) is 0 Å². The van der Waals surface area contributed by atoms with Gasteiger partial charge in [0.2, 0.25) is 0 Å². The number of benzene rings is 2. The van der Waals surface area contributed by atoms with E-state index in [1.54, 1.807) is 6.07 Å². The van der Waals surface area contributed by atoms with Gasteiger partial charge in [-0.2, -0.15) is 0 Å². The van der Waals surface area contributed by atoms with Gasteiger partial charge in [-0.25, -0.2) is 4.39 Å². The monoisotopic (exact) mass is 294 g/mol. The molecule has 2 aromatic carbocycles. The third-order valence-corrected chi connectivity index (χ3v) is 3.13. The molecule has 0 aliphatic carbocycles. The normalized spacial score (nSPS) is 10.2. The number of hydrogen-bond donors (Lipinski definition) is 2. The van der Waals surface area contributed by atoms with E-state index < -0.39 is 0 Å². The summed E-state index contributed by atoms with van der Waals surface area (Å²) >= 11 is 3.46. The minimum absolute atomic E-state index is 0.334. The highest BCUT2D eigenvalue weighted by atomic mass is 79.9. The van der Waals surface area contributed by atoms with Gasteiger partial charge in [-0.1, -0.05) is 34.1 Å². The van der Waals surface area contributed by atoms with Crippen LogP contribution in [-0.2, 0) is 6.54 Å². The predicted molar refractivity (Wildman–Crippen MR) is 72.3 cm³/mol. The van der Waals surface area contributed by atoms with Gasteiger partial charge in [-0.3, -0.25) is 0 Å². The molecule has 3 N–H and O–H groups in total. The van der Waals surface area contributed by atoms with Crippen molar-refractivity contribution in [2.24, 2.45) is 0 Å². The Morgan fingerprint density at radius 2 is 1.94 bits per heavy atom. The van der Waals surface area contributed by atoms with Crippen molar-refractivity contribution in [1.82, 2.24) is 0 Å². The van der Waals surface area contributed by atoms with Gasteiger partial charge < -0.3 is 11.1 Å². The van der Waals surface area contributed by atoms with Crippen molar-refractivity contribution in [3.05, 3.63) is 58.3 Å². The number of hydrogen-bond acceptors (Lipinski definition) is 2. The fourth-order valence-electron chi connectivity index (χ4n) is 1.55. The molecular formula is C13H12BrFN2. The summed E-state index contributed by atoms with van der Waals surface area (Å²) in [6, 6.07) is 12.3. The van der Waals surface area contributed by atoms with Crippen molar-refractivity contribution in [1.29, 1.82) is 0 Å². The fourth-order valence-corrected chi connectivity index (χ4v) is 1.98. The average molecular weight is 295 g/mol. The van der Waals surface area contributed by atoms with E-state index in [0.717, 1.165) is 10.0 Å². The number of halogens is 2. The Hall–Kier alpha value is -1.55. The summed E-state index contributed by atoms with van der Waals surface area (Å²) in [4.78, 5) is 0. The molecule has 0 radical (unpaired) electrons. The lowest BCUT2D eigenvalue weighted by atomic mass is 10.2. The largest absolute Gasteiger partial charge is 0.399 e. The zero-order chi connectivity index (χ0) is 12.3. The van der Waals surface area contributed by atoms with Crippen molar-refractivity contribution in [2.45, 2.75) is 6.54 Å². The number of rotatable bonds is 3. The Balaban J connectivity index is 2.10. The Morgan fingerprint density at radius 1 is 1.18 bits per heavy atom. The molecule has 2 rings (SSSR count). The summed E-state index contributed by atoms with van der Waals surface area (Å²) < 4.78 is 14.1. The summed E-state index contributed by atoms with van der Waals surface area (Å²) in [5, 5.41) is 3.13. The molecule has 0 atom stereocenters. The van der Waals surface area contributed by atoms with E-state index >= 15 is 0 Å². The smallest absolute Gasteiger partial charge is 0.127 e. The zero-order valence-corrected chi connectivity index (χ0v) is 10.7. The van der Waals surface area contributed by atoms with Crippen LogP contribution in [0, 0.1) is 5.82 Å². The van der Waals surface area contributed by atoms with Gasteiger partial charge in [0.05, 0.1) is 0 Å². The van der Waals surface area contributed by atoms with Gasteiger partial charge in [0.15, 0.2) is 0 Å². The summed E-state index contributed by atoms with van der Waals surface area (Å²) in [6.45, 7) is 0.615. The molecule has 0 aromatic heterocycles. The van der Waals surface area contributed by atoms with Crippen molar-refractivity contribution in [2.75, 3.05) is 11.1 Å².